The van der Waals surface area contributed by atoms with Gasteiger partial charge in [-0.05, 0) is 60.0 Å². The number of carbonyl (C=O) groups is 1. The Kier molecular flexibility index (Phi) is 7.81. The SMILES string of the molecule is CCCc1cc(Oc2ccccc2)ccc1OCCCOc1cccc(C2CC(=N)NC2=O)c1. The van der Waals surface area contributed by atoms with Gasteiger partial charge >= 0.3 is 0 Å². The largest absolute Gasteiger partial charge is 0.493 e. The first-order valence-electron chi connectivity index (χ1n) is 11.7. The molecule has 1 aliphatic rings. The summed E-state index contributed by atoms with van der Waals surface area (Å²) in [5.74, 6) is 3.03. The second-order valence-electron chi connectivity index (χ2n) is 8.28. The van der Waals surface area contributed by atoms with Gasteiger partial charge < -0.3 is 19.5 Å². The quantitative estimate of drug-likeness (QED) is 0.353. The first-order chi connectivity index (χ1) is 16.6. The third-order valence-electron chi connectivity index (χ3n) is 5.60. The van der Waals surface area contributed by atoms with Crippen molar-refractivity contribution >= 4 is 11.7 Å². The normalized spacial score (nSPS) is 15.1. The maximum absolute atomic E-state index is 12.0. The second-order valence-corrected chi connectivity index (χ2v) is 8.28. The van der Waals surface area contributed by atoms with Gasteiger partial charge in [-0.2, -0.15) is 0 Å². The summed E-state index contributed by atoms with van der Waals surface area (Å²) in [4.78, 5) is 12.0. The minimum absolute atomic E-state index is 0.126. The molecular weight excluding hydrogens is 428 g/mol. The highest BCUT2D eigenvalue weighted by Gasteiger charge is 2.29. The van der Waals surface area contributed by atoms with E-state index in [1.807, 2.05) is 72.8 Å². The fourth-order valence-corrected chi connectivity index (χ4v) is 3.95. The van der Waals surface area contributed by atoms with Crippen LogP contribution in [-0.4, -0.2) is 25.0 Å². The molecule has 6 heteroatoms. The van der Waals surface area contributed by atoms with E-state index in [1.165, 1.54) is 0 Å². The zero-order valence-corrected chi connectivity index (χ0v) is 19.4. The summed E-state index contributed by atoms with van der Waals surface area (Å²) >= 11 is 0. The van der Waals surface area contributed by atoms with Crippen LogP contribution in [0.25, 0.3) is 0 Å². The van der Waals surface area contributed by atoms with Gasteiger partial charge in [0.25, 0.3) is 0 Å². The van der Waals surface area contributed by atoms with Gasteiger partial charge in [-0.15, -0.1) is 0 Å². The monoisotopic (exact) mass is 458 g/mol. The summed E-state index contributed by atoms with van der Waals surface area (Å²) in [6.45, 7) is 3.19. The number of carbonyl (C=O) groups excluding carboxylic acids is 1. The molecule has 4 rings (SSSR count). The molecular formula is C28H30N2O4. The number of ether oxygens (including phenoxy) is 3. The number of hydrogen-bond acceptors (Lipinski definition) is 5. The molecule has 1 fully saturated rings. The Morgan fingerprint density at radius 2 is 1.71 bits per heavy atom. The number of rotatable bonds is 11. The summed E-state index contributed by atoms with van der Waals surface area (Å²) in [6, 6.07) is 23.2. The summed E-state index contributed by atoms with van der Waals surface area (Å²) in [6.07, 6.45) is 3.07. The third kappa shape index (κ3) is 6.16. The molecule has 2 N–H and O–H groups in total. The van der Waals surface area contributed by atoms with E-state index < -0.39 is 0 Å². The van der Waals surface area contributed by atoms with Crippen LogP contribution in [0.4, 0.5) is 0 Å². The Morgan fingerprint density at radius 1 is 0.912 bits per heavy atom. The lowest BCUT2D eigenvalue weighted by Crippen LogP contribution is -2.20. The van der Waals surface area contributed by atoms with Crippen molar-refractivity contribution in [2.24, 2.45) is 0 Å². The van der Waals surface area contributed by atoms with Crippen LogP contribution in [0.5, 0.6) is 23.0 Å². The van der Waals surface area contributed by atoms with Crippen LogP contribution in [0.3, 0.4) is 0 Å². The van der Waals surface area contributed by atoms with Gasteiger partial charge in [-0.1, -0.05) is 43.7 Å². The van der Waals surface area contributed by atoms with E-state index in [1.54, 1.807) is 0 Å². The molecule has 1 unspecified atom stereocenters. The molecule has 34 heavy (non-hydrogen) atoms. The summed E-state index contributed by atoms with van der Waals surface area (Å²) in [5, 5.41) is 10.2. The van der Waals surface area contributed by atoms with Gasteiger partial charge in [0.2, 0.25) is 5.91 Å². The van der Waals surface area contributed by atoms with Crippen molar-refractivity contribution in [1.29, 1.82) is 5.41 Å². The molecule has 0 saturated carbocycles. The molecule has 1 aliphatic heterocycles. The maximum Gasteiger partial charge on any atom is 0.233 e. The van der Waals surface area contributed by atoms with E-state index in [9.17, 15) is 4.79 Å². The Labute approximate surface area is 200 Å². The molecule has 1 amide bonds. The topological polar surface area (TPSA) is 80.6 Å². The Morgan fingerprint density at radius 3 is 2.47 bits per heavy atom. The zero-order chi connectivity index (χ0) is 23.8. The molecule has 176 valence electrons. The minimum Gasteiger partial charge on any atom is -0.493 e. The Hall–Kier alpha value is -3.80. The van der Waals surface area contributed by atoms with Crippen LogP contribution >= 0.6 is 0 Å². The van der Waals surface area contributed by atoms with Crippen LogP contribution in [-0.2, 0) is 11.2 Å². The Bertz CT molecular complexity index is 1130. The van der Waals surface area contributed by atoms with Gasteiger partial charge in [-0.3, -0.25) is 10.2 Å². The van der Waals surface area contributed by atoms with E-state index in [4.69, 9.17) is 19.6 Å². The molecule has 1 atom stereocenters. The third-order valence-corrected chi connectivity index (χ3v) is 5.60. The van der Waals surface area contributed by atoms with Gasteiger partial charge in [0.15, 0.2) is 0 Å². The number of benzene rings is 3. The lowest BCUT2D eigenvalue weighted by atomic mass is 9.97. The lowest BCUT2D eigenvalue weighted by Gasteiger charge is -2.14. The van der Waals surface area contributed by atoms with Gasteiger partial charge in [0.1, 0.15) is 28.8 Å². The molecule has 0 bridgehead atoms. The van der Waals surface area contributed by atoms with Gasteiger partial charge in [-0.25, -0.2) is 0 Å². The van der Waals surface area contributed by atoms with Crippen molar-refractivity contribution in [3.8, 4) is 23.0 Å². The number of nitrogens with one attached hydrogen (secondary N) is 2. The molecule has 3 aromatic carbocycles. The van der Waals surface area contributed by atoms with Crippen LogP contribution in [0.2, 0.25) is 0 Å². The van der Waals surface area contributed by atoms with Crippen molar-refractivity contribution in [2.75, 3.05) is 13.2 Å². The number of amides is 1. The number of hydrogen-bond donors (Lipinski definition) is 2. The predicted molar refractivity (Wildman–Crippen MR) is 132 cm³/mol. The van der Waals surface area contributed by atoms with Crippen LogP contribution in [0.15, 0.2) is 72.8 Å². The van der Waals surface area contributed by atoms with E-state index in [0.717, 1.165) is 53.4 Å². The maximum atomic E-state index is 12.0. The number of amidine groups is 1. The highest BCUT2D eigenvalue weighted by Crippen LogP contribution is 2.29. The molecule has 0 radical (unpaired) electrons. The zero-order valence-electron chi connectivity index (χ0n) is 19.4. The van der Waals surface area contributed by atoms with E-state index in [2.05, 4.69) is 12.2 Å². The molecule has 1 heterocycles. The average Bonchev–Trinajstić information content (AvgIpc) is 3.19. The van der Waals surface area contributed by atoms with E-state index in [0.29, 0.717) is 19.6 Å². The van der Waals surface area contributed by atoms with Gasteiger partial charge in [0, 0.05) is 12.8 Å². The fourth-order valence-electron chi connectivity index (χ4n) is 3.95. The van der Waals surface area contributed by atoms with Crippen LogP contribution in [0.1, 0.15) is 43.2 Å². The molecule has 6 nitrogen and oxygen atoms in total. The molecule has 0 aromatic heterocycles. The second kappa shape index (κ2) is 11.4. The minimum atomic E-state index is -0.315. The van der Waals surface area contributed by atoms with Crippen molar-refractivity contribution in [3.05, 3.63) is 83.9 Å². The summed E-state index contributed by atoms with van der Waals surface area (Å²) < 4.78 is 17.9. The first kappa shape index (κ1) is 23.4. The smallest absolute Gasteiger partial charge is 0.233 e. The standard InChI is InChI=1S/C28H30N2O4/c1-2-8-21-18-24(34-22-10-4-3-5-11-22)13-14-26(21)33-16-7-15-32-23-12-6-9-20(17-23)25-19-27(29)30-28(25)31/h3-6,9-14,17-18,25H,2,7-8,15-16,19H2,1H3,(H2,29,30,31). The van der Waals surface area contributed by atoms with Crippen molar-refractivity contribution in [2.45, 2.75) is 38.5 Å². The Balaban J connectivity index is 1.28. The van der Waals surface area contributed by atoms with Crippen molar-refractivity contribution < 1.29 is 19.0 Å². The lowest BCUT2D eigenvalue weighted by molar-refractivity contribution is -0.119. The fraction of sp³-hybridized carbons (Fsp3) is 0.286. The highest BCUT2D eigenvalue weighted by molar-refractivity contribution is 6.07. The van der Waals surface area contributed by atoms with Crippen molar-refractivity contribution in [1.82, 2.24) is 5.32 Å². The van der Waals surface area contributed by atoms with Gasteiger partial charge in [0.05, 0.1) is 19.1 Å². The average molecular weight is 459 g/mol. The molecule has 0 spiro atoms. The first-order valence-corrected chi connectivity index (χ1v) is 11.7. The molecule has 0 aliphatic carbocycles. The number of para-hydroxylation sites is 1. The summed E-state index contributed by atoms with van der Waals surface area (Å²) in [7, 11) is 0. The summed E-state index contributed by atoms with van der Waals surface area (Å²) in [5.41, 5.74) is 2.00. The van der Waals surface area contributed by atoms with E-state index >= 15 is 0 Å². The van der Waals surface area contributed by atoms with Crippen LogP contribution in [0, 0.1) is 5.41 Å². The molecule has 1 saturated heterocycles. The highest BCUT2D eigenvalue weighted by atomic mass is 16.5. The predicted octanol–water partition coefficient (Wildman–Crippen LogP) is 5.86. The van der Waals surface area contributed by atoms with Crippen LogP contribution < -0.4 is 19.5 Å². The van der Waals surface area contributed by atoms with Crippen molar-refractivity contribution in [3.63, 3.8) is 0 Å². The molecule has 3 aromatic rings. The number of aryl methyl sites for hydroxylation is 1. The van der Waals surface area contributed by atoms with E-state index in [-0.39, 0.29) is 17.7 Å².